The maximum atomic E-state index is 9.82. The highest BCUT2D eigenvalue weighted by atomic mass is 16.7. The molecule has 3 N–H and O–H groups in total. The molecule has 2 fully saturated rings. The van der Waals surface area contributed by atoms with Gasteiger partial charge in [-0.05, 0) is 12.8 Å². The third kappa shape index (κ3) is 2.78. The highest BCUT2D eigenvalue weighted by Crippen LogP contribution is 2.28. The Bertz CT molecular complexity index is 246. The van der Waals surface area contributed by atoms with Crippen LogP contribution in [0.5, 0.6) is 0 Å². The summed E-state index contributed by atoms with van der Waals surface area (Å²) in [5.74, 6) is 0. The molecule has 6 nitrogen and oxygen atoms in total. The van der Waals surface area contributed by atoms with Crippen LogP contribution in [0.2, 0.25) is 0 Å². The number of rotatable bonds is 3. The first-order chi connectivity index (χ1) is 8.13. The van der Waals surface area contributed by atoms with Crippen molar-refractivity contribution in [1.82, 2.24) is 0 Å². The molecule has 0 radical (unpaired) electrons. The molecule has 2 rings (SSSR count). The fourth-order valence-electron chi connectivity index (χ4n) is 2.16. The number of ether oxygens (including phenoxy) is 3. The molecule has 2 saturated heterocycles. The van der Waals surface area contributed by atoms with E-state index in [0.29, 0.717) is 0 Å². The van der Waals surface area contributed by atoms with Crippen molar-refractivity contribution < 1.29 is 29.5 Å². The maximum absolute atomic E-state index is 9.82. The Morgan fingerprint density at radius 3 is 2.59 bits per heavy atom. The molecule has 0 aromatic heterocycles. The Kier molecular flexibility index (Phi) is 4.35. The monoisotopic (exact) mass is 248 g/mol. The summed E-state index contributed by atoms with van der Waals surface area (Å²) in [5.41, 5.74) is 0. The van der Waals surface area contributed by atoms with Crippen molar-refractivity contribution in [3.63, 3.8) is 0 Å². The van der Waals surface area contributed by atoms with Crippen molar-refractivity contribution in [3.8, 4) is 0 Å². The van der Waals surface area contributed by atoms with E-state index in [-0.39, 0.29) is 12.9 Å². The van der Waals surface area contributed by atoms with Gasteiger partial charge in [-0.15, -0.1) is 0 Å². The maximum Gasteiger partial charge on any atom is 0.184 e. The number of hydrogen-bond acceptors (Lipinski definition) is 6. The van der Waals surface area contributed by atoms with Crippen molar-refractivity contribution in [2.45, 2.75) is 63.2 Å². The molecule has 0 aromatic rings. The standard InChI is InChI=1S/C11H20O6/c1-2-3-4-7-15-5-6-10(17-7)8(12)9(13)11(14)16-6/h6-14H,2-5H2,1H3. The average Bonchev–Trinajstić information content (AvgIpc) is 2.34. The molecule has 17 heavy (non-hydrogen) atoms. The van der Waals surface area contributed by atoms with E-state index in [1.54, 1.807) is 0 Å². The number of fused-ring (bicyclic) bond motifs is 1. The highest BCUT2D eigenvalue weighted by molar-refractivity contribution is 4.91. The topological polar surface area (TPSA) is 88.4 Å². The fourth-order valence-corrected chi connectivity index (χ4v) is 2.16. The Morgan fingerprint density at radius 2 is 1.88 bits per heavy atom. The van der Waals surface area contributed by atoms with Gasteiger partial charge in [-0.3, -0.25) is 0 Å². The van der Waals surface area contributed by atoms with E-state index in [1.807, 2.05) is 0 Å². The van der Waals surface area contributed by atoms with Crippen LogP contribution in [0.15, 0.2) is 0 Å². The molecule has 100 valence electrons. The molecule has 2 aliphatic heterocycles. The second-order valence-corrected chi connectivity index (χ2v) is 4.55. The Morgan fingerprint density at radius 1 is 1.12 bits per heavy atom. The second-order valence-electron chi connectivity index (χ2n) is 4.55. The van der Waals surface area contributed by atoms with Crippen LogP contribution in [0.4, 0.5) is 0 Å². The first kappa shape index (κ1) is 13.2. The van der Waals surface area contributed by atoms with Crippen molar-refractivity contribution in [3.05, 3.63) is 0 Å². The molecule has 6 heteroatoms. The number of unbranched alkanes of at least 4 members (excludes halogenated alkanes) is 1. The average molecular weight is 248 g/mol. The minimum atomic E-state index is -1.38. The van der Waals surface area contributed by atoms with Gasteiger partial charge >= 0.3 is 0 Å². The van der Waals surface area contributed by atoms with E-state index < -0.39 is 30.7 Å². The number of hydrogen-bond donors (Lipinski definition) is 3. The first-order valence-corrected chi connectivity index (χ1v) is 6.10. The number of aliphatic hydroxyl groups excluding tert-OH is 3. The molecule has 0 aromatic carbocycles. The molecule has 0 aliphatic carbocycles. The zero-order valence-corrected chi connectivity index (χ0v) is 9.86. The molecule has 0 amide bonds. The summed E-state index contributed by atoms with van der Waals surface area (Å²) in [6, 6.07) is 0. The SMILES string of the molecule is CCCCC1OCC2OC(O)C(O)C(O)C2O1. The van der Waals surface area contributed by atoms with Gasteiger partial charge in [-0.25, -0.2) is 0 Å². The van der Waals surface area contributed by atoms with Crippen LogP contribution in [0.1, 0.15) is 26.2 Å². The summed E-state index contributed by atoms with van der Waals surface area (Å²) in [7, 11) is 0. The zero-order chi connectivity index (χ0) is 12.4. The fraction of sp³-hybridized carbons (Fsp3) is 1.00. The predicted octanol–water partition coefficient (Wildman–Crippen LogP) is -0.643. The van der Waals surface area contributed by atoms with Crippen molar-refractivity contribution in [2.75, 3.05) is 6.61 Å². The van der Waals surface area contributed by atoms with Crippen LogP contribution in [0.25, 0.3) is 0 Å². The minimum absolute atomic E-state index is 0.264. The lowest BCUT2D eigenvalue weighted by Gasteiger charge is -2.45. The summed E-state index contributed by atoms with van der Waals surface area (Å²) in [6.07, 6.45) is -2.61. The summed E-state index contributed by atoms with van der Waals surface area (Å²) in [6.45, 7) is 2.34. The molecule has 0 bridgehead atoms. The van der Waals surface area contributed by atoms with E-state index in [1.165, 1.54) is 0 Å². The quantitative estimate of drug-likeness (QED) is 0.615. The lowest BCUT2D eigenvalue weighted by molar-refractivity contribution is -0.352. The molecule has 0 spiro atoms. The third-order valence-corrected chi connectivity index (χ3v) is 3.21. The first-order valence-electron chi connectivity index (χ1n) is 6.10. The molecule has 6 unspecified atom stereocenters. The van der Waals surface area contributed by atoms with E-state index in [2.05, 4.69) is 6.92 Å². The van der Waals surface area contributed by atoms with Crippen molar-refractivity contribution in [1.29, 1.82) is 0 Å². The lowest BCUT2D eigenvalue weighted by Crippen LogP contribution is -2.62. The van der Waals surface area contributed by atoms with Crippen LogP contribution < -0.4 is 0 Å². The third-order valence-electron chi connectivity index (χ3n) is 3.21. The summed E-state index contributed by atoms with van der Waals surface area (Å²) in [4.78, 5) is 0. The van der Waals surface area contributed by atoms with Crippen LogP contribution in [0, 0.1) is 0 Å². The van der Waals surface area contributed by atoms with E-state index in [9.17, 15) is 15.3 Å². The molecule has 0 saturated carbocycles. The van der Waals surface area contributed by atoms with Gasteiger partial charge in [0.05, 0.1) is 6.61 Å². The van der Waals surface area contributed by atoms with Crippen LogP contribution in [-0.2, 0) is 14.2 Å². The molecular formula is C11H20O6. The largest absolute Gasteiger partial charge is 0.387 e. The molecule has 6 atom stereocenters. The summed E-state index contributed by atoms with van der Waals surface area (Å²) in [5, 5.41) is 28.7. The van der Waals surface area contributed by atoms with Gasteiger partial charge in [0.15, 0.2) is 12.6 Å². The Balaban J connectivity index is 1.93. The minimum Gasteiger partial charge on any atom is -0.387 e. The highest BCUT2D eigenvalue weighted by Gasteiger charge is 2.47. The van der Waals surface area contributed by atoms with Gasteiger partial charge in [0.1, 0.15) is 24.4 Å². The second kappa shape index (κ2) is 5.60. The van der Waals surface area contributed by atoms with Crippen molar-refractivity contribution in [2.24, 2.45) is 0 Å². The summed E-state index contributed by atoms with van der Waals surface area (Å²) >= 11 is 0. The van der Waals surface area contributed by atoms with Crippen LogP contribution in [-0.4, -0.2) is 58.9 Å². The smallest absolute Gasteiger partial charge is 0.184 e. The molecular weight excluding hydrogens is 228 g/mol. The van der Waals surface area contributed by atoms with Crippen LogP contribution >= 0.6 is 0 Å². The van der Waals surface area contributed by atoms with Crippen molar-refractivity contribution >= 4 is 0 Å². The van der Waals surface area contributed by atoms with E-state index in [0.717, 1.165) is 19.3 Å². The van der Waals surface area contributed by atoms with Gasteiger partial charge < -0.3 is 29.5 Å². The van der Waals surface area contributed by atoms with E-state index >= 15 is 0 Å². The van der Waals surface area contributed by atoms with Crippen LogP contribution in [0.3, 0.4) is 0 Å². The molecule has 2 heterocycles. The van der Waals surface area contributed by atoms with Gasteiger partial charge in [0, 0.05) is 0 Å². The predicted molar refractivity (Wildman–Crippen MR) is 57.0 cm³/mol. The summed E-state index contributed by atoms with van der Waals surface area (Å²) < 4.78 is 16.1. The zero-order valence-electron chi connectivity index (χ0n) is 9.86. The van der Waals surface area contributed by atoms with Gasteiger partial charge in [-0.2, -0.15) is 0 Å². The lowest BCUT2D eigenvalue weighted by atomic mass is 9.98. The van der Waals surface area contributed by atoms with Gasteiger partial charge in [0.25, 0.3) is 0 Å². The number of aliphatic hydroxyl groups is 3. The normalized spacial score (nSPS) is 46.6. The van der Waals surface area contributed by atoms with Gasteiger partial charge in [0.2, 0.25) is 0 Å². The van der Waals surface area contributed by atoms with E-state index in [4.69, 9.17) is 14.2 Å². The van der Waals surface area contributed by atoms with Gasteiger partial charge in [-0.1, -0.05) is 13.3 Å². The Hall–Kier alpha value is -0.240. The Labute approximate surface area is 100 Å². The molecule has 2 aliphatic rings.